The summed E-state index contributed by atoms with van der Waals surface area (Å²) in [5.41, 5.74) is 0. The van der Waals surface area contributed by atoms with Crippen LogP contribution in [0, 0.1) is 0 Å². The predicted octanol–water partition coefficient (Wildman–Crippen LogP) is 0.165. The number of carbonyl (C=O) groups excluding carboxylic acids is 2. The minimum absolute atomic E-state index is 0.0325. The van der Waals surface area contributed by atoms with E-state index in [0.29, 0.717) is 6.42 Å². The van der Waals surface area contributed by atoms with Gasteiger partial charge in [0.15, 0.2) is 5.78 Å². The van der Waals surface area contributed by atoms with E-state index in [-0.39, 0.29) is 31.0 Å². The van der Waals surface area contributed by atoms with Gasteiger partial charge in [-0.3, -0.25) is 14.4 Å². The average molecular weight is 222 g/mol. The molecule has 0 atom stereocenters. The minimum Gasteiger partial charge on any atom is -0.481 e. The van der Waals surface area contributed by atoms with Gasteiger partial charge >= 0.3 is 5.97 Å². The van der Waals surface area contributed by atoms with E-state index in [0.717, 1.165) is 0 Å². The second-order valence-corrected chi connectivity index (χ2v) is 2.96. The van der Waals surface area contributed by atoms with Gasteiger partial charge in [0.05, 0.1) is 6.54 Å². The van der Waals surface area contributed by atoms with Crippen LogP contribution in [0.4, 0.5) is 0 Å². The number of aliphatic carboxylic acids is 1. The van der Waals surface area contributed by atoms with Crippen molar-refractivity contribution in [1.29, 1.82) is 0 Å². The Labute approximate surface area is 86.4 Å². The summed E-state index contributed by atoms with van der Waals surface area (Å²) in [5.74, 6) is -1.70. The van der Waals surface area contributed by atoms with Crippen LogP contribution in [-0.4, -0.2) is 35.2 Å². The molecule has 14 heavy (non-hydrogen) atoms. The molecular formula is C8H12ClNO4. The van der Waals surface area contributed by atoms with Gasteiger partial charge < -0.3 is 10.4 Å². The van der Waals surface area contributed by atoms with Gasteiger partial charge in [0, 0.05) is 12.8 Å². The van der Waals surface area contributed by atoms with Crippen molar-refractivity contribution in [1.82, 2.24) is 5.32 Å². The summed E-state index contributed by atoms with van der Waals surface area (Å²) in [7, 11) is 0. The molecule has 0 aromatic heterocycles. The van der Waals surface area contributed by atoms with Crippen LogP contribution >= 0.6 is 11.6 Å². The van der Waals surface area contributed by atoms with Crippen molar-refractivity contribution in [2.75, 3.05) is 12.4 Å². The topological polar surface area (TPSA) is 83.5 Å². The summed E-state index contributed by atoms with van der Waals surface area (Å²) < 4.78 is 0. The van der Waals surface area contributed by atoms with Crippen LogP contribution in [0.25, 0.3) is 0 Å². The van der Waals surface area contributed by atoms with Crippen LogP contribution in [0.2, 0.25) is 0 Å². The number of carboxylic acids is 1. The van der Waals surface area contributed by atoms with Gasteiger partial charge in [-0.2, -0.15) is 0 Å². The van der Waals surface area contributed by atoms with Crippen LogP contribution in [0.1, 0.15) is 19.3 Å². The molecule has 1 amide bonds. The third kappa shape index (κ3) is 7.54. The molecule has 0 heterocycles. The number of hydrogen-bond acceptors (Lipinski definition) is 3. The Morgan fingerprint density at radius 3 is 2.36 bits per heavy atom. The molecule has 0 aliphatic rings. The Bertz CT molecular complexity index is 229. The first kappa shape index (κ1) is 12.9. The lowest BCUT2D eigenvalue weighted by atomic mass is 10.2. The largest absolute Gasteiger partial charge is 0.481 e. The number of carbonyl (C=O) groups is 3. The van der Waals surface area contributed by atoms with E-state index in [1.807, 2.05) is 0 Å². The van der Waals surface area contributed by atoms with Crippen molar-refractivity contribution in [2.24, 2.45) is 0 Å². The van der Waals surface area contributed by atoms with Crippen molar-refractivity contribution in [3.05, 3.63) is 0 Å². The first-order chi connectivity index (χ1) is 6.56. The van der Waals surface area contributed by atoms with Gasteiger partial charge in [0.1, 0.15) is 5.88 Å². The molecule has 0 aliphatic carbocycles. The number of ketones is 1. The molecule has 0 saturated heterocycles. The number of hydrogen-bond donors (Lipinski definition) is 2. The van der Waals surface area contributed by atoms with Gasteiger partial charge in [-0.25, -0.2) is 0 Å². The zero-order valence-corrected chi connectivity index (χ0v) is 8.34. The molecule has 0 bridgehead atoms. The molecular weight excluding hydrogens is 210 g/mol. The van der Waals surface area contributed by atoms with E-state index in [9.17, 15) is 14.4 Å². The highest BCUT2D eigenvalue weighted by atomic mass is 35.5. The maximum atomic E-state index is 11.0. The lowest BCUT2D eigenvalue weighted by molar-refractivity contribution is -0.137. The summed E-state index contributed by atoms with van der Waals surface area (Å²) >= 11 is 5.18. The number of halogens is 1. The summed E-state index contributed by atoms with van der Waals surface area (Å²) in [6.45, 7) is -0.0782. The fourth-order valence-electron chi connectivity index (χ4n) is 0.770. The average Bonchev–Trinajstić information content (AvgIpc) is 2.13. The molecule has 6 heteroatoms. The number of nitrogens with one attached hydrogen (secondary N) is 1. The number of alkyl halides is 1. The van der Waals surface area contributed by atoms with E-state index in [2.05, 4.69) is 5.32 Å². The van der Waals surface area contributed by atoms with Crippen molar-refractivity contribution >= 4 is 29.3 Å². The Hall–Kier alpha value is -1.10. The molecule has 80 valence electrons. The first-order valence-electron chi connectivity index (χ1n) is 4.12. The minimum atomic E-state index is -0.928. The van der Waals surface area contributed by atoms with E-state index in [1.165, 1.54) is 0 Å². The predicted molar refractivity (Wildman–Crippen MR) is 50.2 cm³/mol. The van der Waals surface area contributed by atoms with Gasteiger partial charge in [-0.05, 0) is 6.42 Å². The molecule has 0 aliphatic heterocycles. The van der Waals surface area contributed by atoms with E-state index < -0.39 is 11.9 Å². The third-order valence-electron chi connectivity index (χ3n) is 1.45. The Morgan fingerprint density at radius 2 is 1.86 bits per heavy atom. The highest BCUT2D eigenvalue weighted by Gasteiger charge is 2.05. The number of Topliss-reactive ketones (excluding diaryl/α,β-unsaturated/α-hetero) is 1. The molecule has 0 aromatic rings. The molecule has 0 fully saturated rings. The van der Waals surface area contributed by atoms with Crippen LogP contribution in [0.15, 0.2) is 0 Å². The lowest BCUT2D eigenvalue weighted by Gasteiger charge is -2.01. The normalized spacial score (nSPS) is 9.50. The number of amides is 1. The third-order valence-corrected chi connectivity index (χ3v) is 1.69. The maximum Gasteiger partial charge on any atom is 0.303 e. The second kappa shape index (κ2) is 7.32. The van der Waals surface area contributed by atoms with Crippen LogP contribution in [-0.2, 0) is 14.4 Å². The Balaban J connectivity index is 3.46. The van der Waals surface area contributed by atoms with Crippen LogP contribution in [0.3, 0.4) is 0 Å². The molecule has 5 nitrogen and oxygen atoms in total. The lowest BCUT2D eigenvalue weighted by Crippen LogP contribution is -2.30. The van der Waals surface area contributed by atoms with Gasteiger partial charge in [-0.1, -0.05) is 0 Å². The molecule has 2 N–H and O–H groups in total. The highest BCUT2D eigenvalue weighted by molar-refractivity contribution is 6.27. The summed E-state index contributed by atoms with van der Waals surface area (Å²) in [5, 5.41) is 10.6. The molecule has 0 spiro atoms. The van der Waals surface area contributed by atoms with Crippen molar-refractivity contribution in [2.45, 2.75) is 19.3 Å². The Kier molecular flexibility index (Phi) is 6.74. The molecule has 0 radical (unpaired) electrons. The smallest absolute Gasteiger partial charge is 0.303 e. The van der Waals surface area contributed by atoms with Gasteiger partial charge in [0.25, 0.3) is 0 Å². The summed E-state index contributed by atoms with van der Waals surface area (Å²) in [6.07, 6.45) is 0.426. The SMILES string of the molecule is O=C(O)CCCC(=O)CNC(=O)CCl. The van der Waals surface area contributed by atoms with Crippen molar-refractivity contribution < 1.29 is 19.5 Å². The zero-order valence-electron chi connectivity index (χ0n) is 7.59. The molecule has 0 unspecified atom stereocenters. The number of rotatable bonds is 7. The van der Waals surface area contributed by atoms with E-state index in [4.69, 9.17) is 16.7 Å². The fourth-order valence-corrected chi connectivity index (χ4v) is 0.864. The summed E-state index contributed by atoms with van der Waals surface area (Å²) in [4.78, 5) is 31.7. The molecule has 0 rings (SSSR count). The fraction of sp³-hybridized carbons (Fsp3) is 0.625. The highest BCUT2D eigenvalue weighted by Crippen LogP contribution is 1.95. The van der Waals surface area contributed by atoms with Crippen molar-refractivity contribution in [3.63, 3.8) is 0 Å². The second-order valence-electron chi connectivity index (χ2n) is 2.70. The standard InChI is InChI=1S/C8H12ClNO4/c9-4-7(12)10-5-6(11)2-1-3-8(13)14/h1-5H2,(H,10,12)(H,13,14). The first-order valence-corrected chi connectivity index (χ1v) is 4.66. The monoisotopic (exact) mass is 221 g/mol. The molecule has 0 aromatic carbocycles. The van der Waals surface area contributed by atoms with Crippen LogP contribution in [0.5, 0.6) is 0 Å². The Morgan fingerprint density at radius 1 is 1.21 bits per heavy atom. The van der Waals surface area contributed by atoms with Crippen molar-refractivity contribution in [3.8, 4) is 0 Å². The number of carboxylic acid groups (broad SMARTS) is 1. The van der Waals surface area contributed by atoms with Crippen LogP contribution < -0.4 is 5.32 Å². The quantitative estimate of drug-likeness (QED) is 0.600. The zero-order chi connectivity index (χ0) is 11.0. The molecule has 0 saturated carbocycles. The van der Waals surface area contributed by atoms with Gasteiger partial charge in [0.2, 0.25) is 5.91 Å². The summed E-state index contributed by atoms with van der Waals surface area (Å²) in [6, 6.07) is 0. The van der Waals surface area contributed by atoms with Gasteiger partial charge in [-0.15, -0.1) is 11.6 Å². The maximum absolute atomic E-state index is 11.0. The van der Waals surface area contributed by atoms with E-state index >= 15 is 0 Å². The van der Waals surface area contributed by atoms with E-state index in [1.54, 1.807) is 0 Å².